The van der Waals surface area contributed by atoms with E-state index in [1.807, 2.05) is 41.5 Å². The number of esters is 2. The zero-order chi connectivity index (χ0) is 19.0. The van der Waals surface area contributed by atoms with Gasteiger partial charge in [-0.3, -0.25) is 9.59 Å². The minimum Gasteiger partial charge on any atom is -0.459 e. The molecule has 0 rings (SSSR count). The van der Waals surface area contributed by atoms with Gasteiger partial charge in [-0.25, -0.2) is 0 Å². The monoisotopic (exact) mass is 342 g/mol. The van der Waals surface area contributed by atoms with Crippen LogP contribution in [0, 0.1) is 5.41 Å². The standard InChI is InChI=1S/C20H38O4/c1-9-10-11-12-13-14-15-20(8,16(21)23-18(2,3)4)17(22)24-19(5,6)7/h9-15H2,1-8H3. The first-order chi connectivity index (χ1) is 10.8. The fourth-order valence-electron chi connectivity index (χ4n) is 2.33. The summed E-state index contributed by atoms with van der Waals surface area (Å²) in [7, 11) is 0. The Morgan fingerprint density at radius 1 is 0.667 bits per heavy atom. The first kappa shape index (κ1) is 22.9. The molecule has 0 spiro atoms. The van der Waals surface area contributed by atoms with Crippen LogP contribution in [0.25, 0.3) is 0 Å². The van der Waals surface area contributed by atoms with Gasteiger partial charge in [0.1, 0.15) is 11.2 Å². The highest BCUT2D eigenvalue weighted by molar-refractivity contribution is 5.99. The molecule has 0 aliphatic rings. The average molecular weight is 343 g/mol. The molecule has 142 valence electrons. The quantitative estimate of drug-likeness (QED) is 0.319. The van der Waals surface area contributed by atoms with Crippen molar-refractivity contribution in [2.45, 2.75) is 112 Å². The van der Waals surface area contributed by atoms with Crippen LogP contribution in [-0.2, 0) is 19.1 Å². The van der Waals surface area contributed by atoms with Gasteiger partial charge in [0.2, 0.25) is 0 Å². The van der Waals surface area contributed by atoms with E-state index in [1.165, 1.54) is 19.3 Å². The van der Waals surface area contributed by atoms with Crippen molar-refractivity contribution in [2.75, 3.05) is 0 Å². The molecule has 0 aromatic rings. The Balaban J connectivity index is 4.94. The zero-order valence-electron chi connectivity index (χ0n) is 17.1. The molecular weight excluding hydrogens is 304 g/mol. The van der Waals surface area contributed by atoms with E-state index in [-0.39, 0.29) is 0 Å². The van der Waals surface area contributed by atoms with Gasteiger partial charge in [0.15, 0.2) is 5.41 Å². The van der Waals surface area contributed by atoms with Gasteiger partial charge in [0.05, 0.1) is 0 Å². The normalized spacial score (nSPS) is 12.8. The summed E-state index contributed by atoms with van der Waals surface area (Å²) in [4.78, 5) is 25.3. The third kappa shape index (κ3) is 9.29. The van der Waals surface area contributed by atoms with E-state index in [0.29, 0.717) is 6.42 Å². The third-order valence-corrected chi connectivity index (χ3v) is 3.73. The lowest BCUT2D eigenvalue weighted by atomic mass is 9.84. The van der Waals surface area contributed by atoms with Gasteiger partial charge in [-0.05, 0) is 54.9 Å². The minimum absolute atomic E-state index is 0.461. The predicted octanol–water partition coefficient (Wildman–Crippen LogP) is 5.43. The van der Waals surface area contributed by atoms with Crippen LogP contribution in [0.3, 0.4) is 0 Å². The van der Waals surface area contributed by atoms with Crippen molar-refractivity contribution >= 4 is 11.9 Å². The van der Waals surface area contributed by atoms with E-state index >= 15 is 0 Å². The highest BCUT2D eigenvalue weighted by Crippen LogP contribution is 2.32. The van der Waals surface area contributed by atoms with Crippen molar-refractivity contribution in [3.05, 3.63) is 0 Å². The molecule has 0 unspecified atom stereocenters. The third-order valence-electron chi connectivity index (χ3n) is 3.73. The molecule has 0 saturated carbocycles. The number of rotatable bonds is 9. The van der Waals surface area contributed by atoms with E-state index in [4.69, 9.17) is 9.47 Å². The Hall–Kier alpha value is -1.06. The molecule has 0 N–H and O–H groups in total. The molecule has 0 aliphatic carbocycles. The largest absolute Gasteiger partial charge is 0.459 e. The maximum atomic E-state index is 12.7. The number of carbonyl (C=O) groups is 2. The Labute approximate surface area is 148 Å². The van der Waals surface area contributed by atoms with Crippen LogP contribution in [0.15, 0.2) is 0 Å². The second kappa shape index (κ2) is 9.43. The van der Waals surface area contributed by atoms with Crippen LogP contribution >= 0.6 is 0 Å². The highest BCUT2D eigenvalue weighted by Gasteiger charge is 2.46. The molecule has 24 heavy (non-hydrogen) atoms. The van der Waals surface area contributed by atoms with Crippen LogP contribution in [0.1, 0.15) is 100 Å². The van der Waals surface area contributed by atoms with E-state index in [1.54, 1.807) is 6.92 Å². The van der Waals surface area contributed by atoms with E-state index in [0.717, 1.165) is 19.3 Å². The van der Waals surface area contributed by atoms with Gasteiger partial charge >= 0.3 is 11.9 Å². The van der Waals surface area contributed by atoms with Gasteiger partial charge in [0, 0.05) is 0 Å². The number of carbonyl (C=O) groups excluding carboxylic acids is 2. The van der Waals surface area contributed by atoms with Crippen LogP contribution in [0.5, 0.6) is 0 Å². The number of ether oxygens (including phenoxy) is 2. The second-order valence-corrected chi connectivity index (χ2v) is 8.85. The molecule has 4 nitrogen and oxygen atoms in total. The molecule has 0 heterocycles. The van der Waals surface area contributed by atoms with E-state index in [2.05, 4.69) is 6.92 Å². The maximum Gasteiger partial charge on any atom is 0.323 e. The summed E-state index contributed by atoms with van der Waals surface area (Å²) in [5.74, 6) is -0.976. The predicted molar refractivity (Wildman–Crippen MR) is 97.8 cm³/mol. The van der Waals surface area contributed by atoms with Crippen molar-refractivity contribution in [1.82, 2.24) is 0 Å². The lowest BCUT2D eigenvalue weighted by Crippen LogP contribution is -2.44. The number of hydrogen-bond donors (Lipinski definition) is 0. The van der Waals surface area contributed by atoms with Crippen molar-refractivity contribution in [1.29, 1.82) is 0 Å². The Bertz CT molecular complexity index is 371. The SMILES string of the molecule is CCCCCCCCC(C)(C(=O)OC(C)(C)C)C(=O)OC(C)(C)C. The summed E-state index contributed by atoms with van der Waals surface area (Å²) in [6.07, 6.45) is 7.06. The van der Waals surface area contributed by atoms with E-state index in [9.17, 15) is 9.59 Å². The van der Waals surface area contributed by atoms with Crippen molar-refractivity contribution < 1.29 is 19.1 Å². The lowest BCUT2D eigenvalue weighted by molar-refractivity contribution is -0.184. The summed E-state index contributed by atoms with van der Waals surface area (Å²) in [6.45, 7) is 14.7. The highest BCUT2D eigenvalue weighted by atomic mass is 16.6. The van der Waals surface area contributed by atoms with Crippen molar-refractivity contribution in [3.8, 4) is 0 Å². The Kier molecular flexibility index (Phi) is 9.01. The second-order valence-electron chi connectivity index (χ2n) is 8.85. The fraction of sp³-hybridized carbons (Fsp3) is 0.900. The van der Waals surface area contributed by atoms with Crippen molar-refractivity contribution in [2.24, 2.45) is 5.41 Å². The van der Waals surface area contributed by atoms with Gasteiger partial charge in [0.25, 0.3) is 0 Å². The summed E-state index contributed by atoms with van der Waals surface area (Å²) in [5, 5.41) is 0. The van der Waals surface area contributed by atoms with Crippen LogP contribution in [0.4, 0.5) is 0 Å². The topological polar surface area (TPSA) is 52.6 Å². The molecule has 0 atom stereocenters. The first-order valence-electron chi connectivity index (χ1n) is 9.29. The van der Waals surface area contributed by atoms with Gasteiger partial charge in [-0.2, -0.15) is 0 Å². The molecule has 4 heteroatoms. The van der Waals surface area contributed by atoms with Gasteiger partial charge in [-0.1, -0.05) is 45.4 Å². The number of unbranched alkanes of at least 4 members (excludes halogenated alkanes) is 5. The molecule has 0 aromatic carbocycles. The molecule has 0 fully saturated rings. The van der Waals surface area contributed by atoms with Crippen LogP contribution in [-0.4, -0.2) is 23.1 Å². The summed E-state index contributed by atoms with van der Waals surface area (Å²) in [5.41, 5.74) is -2.49. The van der Waals surface area contributed by atoms with E-state index < -0.39 is 28.6 Å². The lowest BCUT2D eigenvalue weighted by Gasteiger charge is -2.32. The van der Waals surface area contributed by atoms with Gasteiger partial charge in [-0.15, -0.1) is 0 Å². The first-order valence-corrected chi connectivity index (χ1v) is 9.29. The Morgan fingerprint density at radius 3 is 1.42 bits per heavy atom. The molecule has 0 aromatic heterocycles. The van der Waals surface area contributed by atoms with Gasteiger partial charge < -0.3 is 9.47 Å². The summed E-state index contributed by atoms with van der Waals surface area (Å²) < 4.78 is 11.0. The molecule has 0 aliphatic heterocycles. The molecule has 0 radical (unpaired) electrons. The smallest absolute Gasteiger partial charge is 0.323 e. The summed E-state index contributed by atoms with van der Waals surface area (Å²) >= 11 is 0. The van der Waals surface area contributed by atoms with Crippen LogP contribution < -0.4 is 0 Å². The van der Waals surface area contributed by atoms with Crippen LogP contribution in [0.2, 0.25) is 0 Å². The fourth-order valence-corrected chi connectivity index (χ4v) is 2.33. The van der Waals surface area contributed by atoms with Crippen molar-refractivity contribution in [3.63, 3.8) is 0 Å². The zero-order valence-corrected chi connectivity index (χ0v) is 17.1. The molecule has 0 bridgehead atoms. The molecule has 0 amide bonds. The Morgan fingerprint density at radius 2 is 1.04 bits per heavy atom. The summed E-state index contributed by atoms with van der Waals surface area (Å²) in [6, 6.07) is 0. The molecular formula is C20H38O4. The average Bonchev–Trinajstić information content (AvgIpc) is 2.38. The maximum absolute atomic E-state index is 12.7. The minimum atomic E-state index is -1.24. The number of hydrogen-bond acceptors (Lipinski definition) is 4. The molecule has 0 saturated heterocycles.